The van der Waals surface area contributed by atoms with Crippen molar-refractivity contribution in [2.75, 3.05) is 13.6 Å². The molecule has 1 aliphatic heterocycles. The van der Waals surface area contributed by atoms with Crippen LogP contribution >= 0.6 is 0 Å². The second-order valence-electron chi connectivity index (χ2n) is 5.40. The van der Waals surface area contributed by atoms with Gasteiger partial charge < -0.3 is 10.0 Å². The van der Waals surface area contributed by atoms with Gasteiger partial charge >= 0.3 is 5.97 Å². The second kappa shape index (κ2) is 4.12. The molecule has 1 N–H and O–H groups in total. The highest BCUT2D eigenvalue weighted by molar-refractivity contribution is 5.67. The van der Waals surface area contributed by atoms with E-state index in [9.17, 15) is 4.79 Å². The Kier molecular flexibility index (Phi) is 3.01. The lowest BCUT2D eigenvalue weighted by atomic mass is 9.63. The van der Waals surface area contributed by atoms with Gasteiger partial charge in [0.25, 0.3) is 0 Å². The van der Waals surface area contributed by atoms with Crippen LogP contribution in [0, 0.1) is 5.41 Å². The highest BCUT2D eigenvalue weighted by Gasteiger charge is 2.41. The maximum Gasteiger partial charge on any atom is 0.303 e. The number of hydrogen-bond donors (Lipinski definition) is 1. The van der Waals surface area contributed by atoms with Gasteiger partial charge in [-0.2, -0.15) is 0 Å². The molecule has 2 rings (SSSR count). The van der Waals surface area contributed by atoms with Crippen LogP contribution < -0.4 is 0 Å². The minimum atomic E-state index is -0.615. The Labute approximate surface area is 91.5 Å². The number of carboxylic acid groups (broad SMARTS) is 1. The first kappa shape index (κ1) is 10.9. The number of carbonyl (C=O) groups is 1. The van der Waals surface area contributed by atoms with Crippen molar-refractivity contribution < 1.29 is 9.90 Å². The Hall–Kier alpha value is -0.570. The summed E-state index contributed by atoms with van der Waals surface area (Å²) in [6.07, 6.45) is 7.52. The standard InChI is InChI=1S/C12H21NO2/c1-13-7-2-4-10(13)8-12(5-3-6-12)9-11(14)15/h10H,2-9H2,1H3,(H,14,15). The van der Waals surface area contributed by atoms with E-state index in [4.69, 9.17) is 5.11 Å². The van der Waals surface area contributed by atoms with Crippen molar-refractivity contribution in [3.05, 3.63) is 0 Å². The molecule has 0 aromatic carbocycles. The molecule has 1 saturated heterocycles. The van der Waals surface area contributed by atoms with Crippen LogP contribution in [0.4, 0.5) is 0 Å². The molecule has 86 valence electrons. The summed E-state index contributed by atoms with van der Waals surface area (Å²) >= 11 is 0. The zero-order chi connectivity index (χ0) is 10.9. The van der Waals surface area contributed by atoms with E-state index < -0.39 is 5.97 Å². The lowest BCUT2D eigenvalue weighted by Gasteiger charge is -2.43. The van der Waals surface area contributed by atoms with Gasteiger partial charge in [-0.05, 0) is 51.1 Å². The molecular formula is C12H21NO2. The maximum atomic E-state index is 10.8. The Balaban J connectivity index is 1.92. The first-order valence-electron chi connectivity index (χ1n) is 6.03. The van der Waals surface area contributed by atoms with Crippen LogP contribution in [0.3, 0.4) is 0 Å². The van der Waals surface area contributed by atoms with Gasteiger partial charge in [0.05, 0.1) is 6.42 Å². The van der Waals surface area contributed by atoms with Crippen LogP contribution in [-0.2, 0) is 4.79 Å². The predicted molar refractivity (Wildman–Crippen MR) is 58.8 cm³/mol. The van der Waals surface area contributed by atoms with E-state index in [2.05, 4.69) is 11.9 Å². The zero-order valence-corrected chi connectivity index (χ0v) is 9.54. The first-order chi connectivity index (χ1) is 7.11. The van der Waals surface area contributed by atoms with Crippen LogP contribution in [0.2, 0.25) is 0 Å². The van der Waals surface area contributed by atoms with E-state index in [1.165, 1.54) is 25.8 Å². The lowest BCUT2D eigenvalue weighted by Crippen LogP contribution is -2.39. The van der Waals surface area contributed by atoms with Gasteiger partial charge in [-0.25, -0.2) is 0 Å². The van der Waals surface area contributed by atoms with E-state index in [1.807, 2.05) is 0 Å². The summed E-state index contributed by atoms with van der Waals surface area (Å²) in [5, 5.41) is 8.94. The third-order valence-electron chi connectivity index (χ3n) is 4.28. The first-order valence-corrected chi connectivity index (χ1v) is 6.03. The van der Waals surface area contributed by atoms with E-state index in [0.29, 0.717) is 12.5 Å². The molecule has 2 fully saturated rings. The summed E-state index contributed by atoms with van der Waals surface area (Å²) < 4.78 is 0. The molecule has 1 saturated carbocycles. The summed E-state index contributed by atoms with van der Waals surface area (Å²) in [7, 11) is 2.17. The van der Waals surface area contributed by atoms with Crippen LogP contribution in [0.5, 0.6) is 0 Å². The van der Waals surface area contributed by atoms with Gasteiger partial charge in [0.2, 0.25) is 0 Å². The summed E-state index contributed by atoms with van der Waals surface area (Å²) in [4.78, 5) is 13.3. The second-order valence-corrected chi connectivity index (χ2v) is 5.40. The molecule has 0 radical (unpaired) electrons. The summed E-state index contributed by atoms with van der Waals surface area (Å²) in [6, 6.07) is 0.643. The molecular weight excluding hydrogens is 190 g/mol. The topological polar surface area (TPSA) is 40.5 Å². The molecule has 3 nitrogen and oxygen atoms in total. The van der Waals surface area contributed by atoms with Crippen molar-refractivity contribution in [3.63, 3.8) is 0 Å². The lowest BCUT2D eigenvalue weighted by molar-refractivity contribution is -0.141. The number of nitrogens with zero attached hydrogens (tertiary/aromatic N) is 1. The minimum Gasteiger partial charge on any atom is -0.481 e. The van der Waals surface area contributed by atoms with Gasteiger partial charge in [0.15, 0.2) is 0 Å². The fourth-order valence-corrected chi connectivity index (χ4v) is 3.19. The highest BCUT2D eigenvalue weighted by Crippen LogP contribution is 2.49. The van der Waals surface area contributed by atoms with E-state index >= 15 is 0 Å². The van der Waals surface area contributed by atoms with Crippen molar-refractivity contribution in [2.45, 2.75) is 51.0 Å². The van der Waals surface area contributed by atoms with Gasteiger partial charge in [0, 0.05) is 6.04 Å². The zero-order valence-electron chi connectivity index (χ0n) is 9.54. The molecule has 0 spiro atoms. The van der Waals surface area contributed by atoms with Gasteiger partial charge in [-0.15, -0.1) is 0 Å². The molecule has 1 aliphatic carbocycles. The average Bonchev–Trinajstić information content (AvgIpc) is 2.47. The number of rotatable bonds is 4. The molecule has 0 aromatic rings. The molecule has 1 heterocycles. The van der Waals surface area contributed by atoms with E-state index in [0.717, 1.165) is 19.3 Å². The highest BCUT2D eigenvalue weighted by atomic mass is 16.4. The van der Waals surface area contributed by atoms with Gasteiger partial charge in [-0.3, -0.25) is 4.79 Å². The van der Waals surface area contributed by atoms with Crippen molar-refractivity contribution in [1.29, 1.82) is 0 Å². The summed E-state index contributed by atoms with van der Waals surface area (Å²) in [6.45, 7) is 1.19. The predicted octanol–water partition coefficient (Wildman–Crippen LogP) is 2.12. The van der Waals surface area contributed by atoms with Crippen LogP contribution in [-0.4, -0.2) is 35.6 Å². The Morgan fingerprint density at radius 1 is 1.47 bits per heavy atom. The number of aliphatic carboxylic acids is 1. The quantitative estimate of drug-likeness (QED) is 0.774. The average molecular weight is 211 g/mol. The molecule has 0 amide bonds. The Morgan fingerprint density at radius 3 is 2.60 bits per heavy atom. The third kappa shape index (κ3) is 2.33. The SMILES string of the molecule is CN1CCCC1CC1(CC(=O)O)CCC1. The van der Waals surface area contributed by atoms with E-state index in [1.54, 1.807) is 0 Å². The Bertz CT molecular complexity index is 248. The third-order valence-corrected chi connectivity index (χ3v) is 4.28. The largest absolute Gasteiger partial charge is 0.481 e. The van der Waals surface area contributed by atoms with Crippen LogP contribution in [0.1, 0.15) is 44.9 Å². The number of carboxylic acids is 1. The van der Waals surface area contributed by atoms with Crippen molar-refractivity contribution in [3.8, 4) is 0 Å². The van der Waals surface area contributed by atoms with E-state index in [-0.39, 0.29) is 5.41 Å². The fraction of sp³-hybridized carbons (Fsp3) is 0.917. The molecule has 15 heavy (non-hydrogen) atoms. The fourth-order valence-electron chi connectivity index (χ4n) is 3.19. The minimum absolute atomic E-state index is 0.148. The normalized spacial score (nSPS) is 30.1. The van der Waals surface area contributed by atoms with Crippen molar-refractivity contribution in [1.82, 2.24) is 4.90 Å². The maximum absolute atomic E-state index is 10.8. The molecule has 1 atom stereocenters. The van der Waals surface area contributed by atoms with Crippen molar-refractivity contribution in [2.24, 2.45) is 5.41 Å². The Morgan fingerprint density at radius 2 is 2.20 bits per heavy atom. The monoisotopic (exact) mass is 211 g/mol. The van der Waals surface area contributed by atoms with Crippen LogP contribution in [0.25, 0.3) is 0 Å². The molecule has 3 heteroatoms. The smallest absolute Gasteiger partial charge is 0.303 e. The molecule has 0 aromatic heterocycles. The number of hydrogen-bond acceptors (Lipinski definition) is 2. The van der Waals surface area contributed by atoms with Crippen LogP contribution in [0.15, 0.2) is 0 Å². The summed E-state index contributed by atoms with van der Waals surface area (Å²) in [5.41, 5.74) is 0.148. The molecule has 1 unspecified atom stereocenters. The number of likely N-dealkylation sites (tertiary alicyclic amines) is 1. The molecule has 0 bridgehead atoms. The molecule has 2 aliphatic rings. The summed E-state index contributed by atoms with van der Waals surface area (Å²) in [5.74, 6) is -0.615. The van der Waals surface area contributed by atoms with Gasteiger partial charge in [-0.1, -0.05) is 6.42 Å². The van der Waals surface area contributed by atoms with Gasteiger partial charge in [0.1, 0.15) is 0 Å². The van der Waals surface area contributed by atoms with Crippen molar-refractivity contribution >= 4 is 5.97 Å².